The van der Waals surface area contributed by atoms with E-state index >= 15 is 0 Å². The zero-order valence-electron chi connectivity index (χ0n) is 13.6. The van der Waals surface area contributed by atoms with Gasteiger partial charge in [-0.3, -0.25) is 4.79 Å². The van der Waals surface area contributed by atoms with E-state index in [1.807, 2.05) is 13.8 Å². The minimum atomic E-state index is -1.09. The number of benzene rings is 1. The average molecular weight is 320 g/mol. The Hall–Kier alpha value is -1.95. The van der Waals surface area contributed by atoms with Crippen LogP contribution >= 0.6 is 0 Å². The first-order chi connectivity index (χ1) is 10.9. The average Bonchev–Trinajstić information content (AvgIpc) is 2.89. The fraction of sp³-hybridized carbons (Fsp3) is 0.529. The number of nitrogens with zero attached hydrogens (tertiary/aromatic N) is 2. The van der Waals surface area contributed by atoms with Crippen LogP contribution in [0.15, 0.2) is 29.4 Å². The molecule has 3 rings (SSSR count). The van der Waals surface area contributed by atoms with Gasteiger partial charge in [-0.05, 0) is 26.8 Å². The Morgan fingerprint density at radius 1 is 1.30 bits per heavy atom. The summed E-state index contributed by atoms with van der Waals surface area (Å²) in [5.74, 6) is -0.491. The number of hydrogen-bond acceptors (Lipinski definition) is 4. The molecule has 0 spiro atoms. The number of rotatable bonds is 2. The molecule has 3 atom stereocenters. The highest BCUT2D eigenvalue weighted by atomic mass is 19.1. The van der Waals surface area contributed by atoms with Crippen molar-refractivity contribution in [3.05, 3.63) is 35.6 Å². The fourth-order valence-electron chi connectivity index (χ4n) is 3.17. The van der Waals surface area contributed by atoms with E-state index in [-0.39, 0.29) is 30.4 Å². The Labute approximate surface area is 135 Å². The normalized spacial score (nSPS) is 30.8. The number of carbonyl (C=O) groups is 1. The van der Waals surface area contributed by atoms with Crippen molar-refractivity contribution in [2.75, 3.05) is 13.1 Å². The molecule has 2 aliphatic rings. The SMILES string of the molecule is C[C@@H]1CN(C(=O)[C@]2(C)CC(c3ccccc3F)=NO2)C[C@@H](C)O1. The third-order valence-electron chi connectivity index (χ3n) is 4.21. The predicted octanol–water partition coefficient (Wildman–Crippen LogP) is 2.34. The maximum Gasteiger partial charge on any atom is 0.269 e. The van der Waals surface area contributed by atoms with Crippen molar-refractivity contribution < 1.29 is 18.8 Å². The summed E-state index contributed by atoms with van der Waals surface area (Å²) in [7, 11) is 0. The van der Waals surface area contributed by atoms with Crippen molar-refractivity contribution in [3.63, 3.8) is 0 Å². The molecule has 0 saturated carbocycles. The van der Waals surface area contributed by atoms with Gasteiger partial charge < -0.3 is 14.5 Å². The summed E-state index contributed by atoms with van der Waals surface area (Å²) in [5, 5.41) is 3.97. The summed E-state index contributed by atoms with van der Waals surface area (Å²) in [4.78, 5) is 20.0. The van der Waals surface area contributed by atoms with Crippen LogP contribution in [-0.4, -0.2) is 47.4 Å². The van der Waals surface area contributed by atoms with E-state index in [1.165, 1.54) is 6.07 Å². The lowest BCUT2D eigenvalue weighted by Gasteiger charge is -2.38. The molecule has 1 aromatic rings. The molecule has 0 aromatic heterocycles. The van der Waals surface area contributed by atoms with E-state index in [1.54, 1.807) is 30.0 Å². The van der Waals surface area contributed by atoms with Crippen LogP contribution in [0.1, 0.15) is 32.8 Å². The Balaban J connectivity index is 1.75. The quantitative estimate of drug-likeness (QED) is 0.840. The lowest BCUT2D eigenvalue weighted by molar-refractivity contribution is -0.164. The zero-order chi connectivity index (χ0) is 16.6. The summed E-state index contributed by atoms with van der Waals surface area (Å²) in [5.41, 5.74) is -0.241. The molecule has 0 radical (unpaired) electrons. The molecule has 1 saturated heterocycles. The highest BCUT2D eigenvalue weighted by Gasteiger charge is 2.46. The summed E-state index contributed by atoms with van der Waals surface area (Å²) < 4.78 is 19.6. The molecule has 2 aliphatic heterocycles. The lowest BCUT2D eigenvalue weighted by Crippen LogP contribution is -2.55. The minimum Gasteiger partial charge on any atom is -0.379 e. The number of amides is 1. The highest BCUT2D eigenvalue weighted by Crippen LogP contribution is 2.30. The molecule has 5 nitrogen and oxygen atoms in total. The largest absolute Gasteiger partial charge is 0.379 e. The zero-order valence-corrected chi connectivity index (χ0v) is 13.6. The van der Waals surface area contributed by atoms with Gasteiger partial charge in [0, 0.05) is 25.1 Å². The first-order valence-corrected chi connectivity index (χ1v) is 7.84. The predicted molar refractivity (Wildman–Crippen MR) is 83.6 cm³/mol. The summed E-state index contributed by atoms with van der Waals surface area (Å²) >= 11 is 0. The van der Waals surface area contributed by atoms with Gasteiger partial charge in [-0.2, -0.15) is 0 Å². The van der Waals surface area contributed by atoms with Crippen molar-refractivity contribution in [1.82, 2.24) is 4.90 Å². The second-order valence-corrected chi connectivity index (χ2v) is 6.48. The first kappa shape index (κ1) is 15.9. The van der Waals surface area contributed by atoms with E-state index in [4.69, 9.17) is 9.57 Å². The lowest BCUT2D eigenvalue weighted by atomic mass is 9.94. The fourth-order valence-corrected chi connectivity index (χ4v) is 3.17. The molecule has 6 heteroatoms. The molecule has 1 fully saturated rings. The van der Waals surface area contributed by atoms with Crippen molar-refractivity contribution in [2.24, 2.45) is 5.16 Å². The van der Waals surface area contributed by atoms with Crippen LogP contribution in [0.5, 0.6) is 0 Å². The molecule has 1 amide bonds. The summed E-state index contributed by atoms with van der Waals surface area (Å²) in [6.07, 6.45) is 0.228. The summed E-state index contributed by atoms with van der Waals surface area (Å²) in [6, 6.07) is 6.38. The Morgan fingerprint density at radius 3 is 2.61 bits per heavy atom. The number of carbonyl (C=O) groups excluding carboxylic acids is 1. The summed E-state index contributed by atoms with van der Waals surface area (Å²) in [6.45, 7) is 6.63. The molecule has 0 bridgehead atoms. The monoisotopic (exact) mass is 320 g/mol. The second-order valence-electron chi connectivity index (χ2n) is 6.48. The number of morpholine rings is 1. The minimum absolute atomic E-state index is 0.0142. The Kier molecular flexibility index (Phi) is 4.10. The first-order valence-electron chi connectivity index (χ1n) is 7.84. The van der Waals surface area contributed by atoms with Gasteiger partial charge in [0.25, 0.3) is 5.91 Å². The standard InChI is InChI=1S/C17H21FN2O3/c1-11-9-20(10-12(2)22-11)16(21)17(3)8-15(19-23-17)13-6-4-5-7-14(13)18/h4-7,11-12H,8-10H2,1-3H3/t11-,12-,17+/m1/s1. The van der Waals surface area contributed by atoms with E-state index in [9.17, 15) is 9.18 Å². The van der Waals surface area contributed by atoms with Gasteiger partial charge in [-0.25, -0.2) is 4.39 Å². The van der Waals surface area contributed by atoms with Gasteiger partial charge in [0.2, 0.25) is 5.60 Å². The van der Waals surface area contributed by atoms with Crippen molar-refractivity contribution in [3.8, 4) is 0 Å². The van der Waals surface area contributed by atoms with Crippen molar-refractivity contribution in [1.29, 1.82) is 0 Å². The molecule has 0 unspecified atom stereocenters. The van der Waals surface area contributed by atoms with Crippen molar-refractivity contribution >= 4 is 11.6 Å². The highest BCUT2D eigenvalue weighted by molar-refractivity contribution is 6.05. The number of ether oxygens (including phenoxy) is 1. The molecular formula is C17H21FN2O3. The van der Waals surface area contributed by atoms with E-state index in [0.29, 0.717) is 24.4 Å². The second kappa shape index (κ2) is 5.92. The van der Waals surface area contributed by atoms with Gasteiger partial charge in [0.05, 0.1) is 17.9 Å². The van der Waals surface area contributed by atoms with Crippen LogP contribution < -0.4 is 0 Å². The van der Waals surface area contributed by atoms with Crippen LogP contribution in [0.25, 0.3) is 0 Å². The van der Waals surface area contributed by atoms with Crippen LogP contribution in [0.4, 0.5) is 4.39 Å². The maximum atomic E-state index is 13.9. The van der Waals surface area contributed by atoms with Crippen LogP contribution in [0.3, 0.4) is 0 Å². The van der Waals surface area contributed by atoms with Crippen LogP contribution in [0, 0.1) is 5.82 Å². The number of oxime groups is 1. The van der Waals surface area contributed by atoms with Gasteiger partial charge in [-0.15, -0.1) is 0 Å². The van der Waals surface area contributed by atoms with Gasteiger partial charge in [0.15, 0.2) is 0 Å². The van der Waals surface area contributed by atoms with Gasteiger partial charge >= 0.3 is 0 Å². The molecule has 23 heavy (non-hydrogen) atoms. The van der Waals surface area contributed by atoms with Crippen LogP contribution in [0.2, 0.25) is 0 Å². The maximum absolute atomic E-state index is 13.9. The topological polar surface area (TPSA) is 51.1 Å². The van der Waals surface area contributed by atoms with E-state index < -0.39 is 5.60 Å². The molecule has 0 N–H and O–H groups in total. The molecule has 0 aliphatic carbocycles. The molecule has 124 valence electrons. The number of halogens is 1. The third kappa shape index (κ3) is 3.08. The Bertz CT molecular complexity index is 638. The van der Waals surface area contributed by atoms with Gasteiger partial charge in [-0.1, -0.05) is 23.4 Å². The van der Waals surface area contributed by atoms with Crippen molar-refractivity contribution in [2.45, 2.75) is 45.0 Å². The smallest absolute Gasteiger partial charge is 0.269 e. The Morgan fingerprint density at radius 2 is 1.96 bits per heavy atom. The van der Waals surface area contributed by atoms with Gasteiger partial charge in [0.1, 0.15) is 5.82 Å². The molecule has 1 aromatic carbocycles. The number of hydrogen-bond donors (Lipinski definition) is 0. The van der Waals surface area contributed by atoms with E-state index in [0.717, 1.165) is 0 Å². The molecule has 2 heterocycles. The molecular weight excluding hydrogens is 299 g/mol. The van der Waals surface area contributed by atoms with E-state index in [2.05, 4.69) is 5.16 Å². The third-order valence-corrected chi connectivity index (χ3v) is 4.21. The van der Waals surface area contributed by atoms with Crippen LogP contribution in [-0.2, 0) is 14.4 Å².